The minimum atomic E-state index is -2.70. The van der Waals surface area contributed by atoms with E-state index in [0.717, 1.165) is 0 Å². The van der Waals surface area contributed by atoms with Gasteiger partial charge in [-0.2, -0.15) is 0 Å². The molecule has 0 fully saturated rings. The van der Waals surface area contributed by atoms with Crippen LogP contribution in [0.4, 0.5) is 0 Å². The van der Waals surface area contributed by atoms with Crippen LogP contribution in [0, 0.1) is 11.8 Å². The lowest BCUT2D eigenvalue weighted by Gasteiger charge is -2.50. The number of hydrogen-bond donors (Lipinski definition) is 6. The molecule has 0 aliphatic heterocycles. The maximum atomic E-state index is 13.6. The third-order valence-corrected chi connectivity index (χ3v) is 7.44. The van der Waals surface area contributed by atoms with Crippen LogP contribution in [0.25, 0.3) is 0 Å². The number of aliphatic hydroxyl groups is 3. The first kappa shape index (κ1) is 25.5. The van der Waals surface area contributed by atoms with Gasteiger partial charge >= 0.3 is 0 Å². The molecule has 0 saturated carbocycles. The minimum absolute atomic E-state index is 0.0225. The van der Waals surface area contributed by atoms with Crippen molar-refractivity contribution in [3.63, 3.8) is 0 Å². The van der Waals surface area contributed by atoms with Gasteiger partial charge < -0.3 is 31.5 Å². The molecule has 0 radical (unpaired) electrons. The summed E-state index contributed by atoms with van der Waals surface area (Å²) in [4.78, 5) is 53.2. The average molecular weight is 500 g/mol. The van der Waals surface area contributed by atoms with Gasteiger partial charge in [-0.05, 0) is 57.1 Å². The zero-order valence-corrected chi connectivity index (χ0v) is 20.2. The number of carbonyl (C=O) groups is 4. The van der Waals surface area contributed by atoms with E-state index in [0.29, 0.717) is 12.1 Å². The standard InChI is InChI=1S/C25H29N3O8/c1-4-27-9-15(30)11-5-6-14(29)17-12(11)7-10-8-13-19(28(2)3)21(32)18(24(26)35)23(34)25(13,36)22(33)16(10)20(17)31/h5-6,10,13,19,27,29,32-33,36H,4,7-9H2,1-3H3,(H2,26,35)/t10-,13-,19-,25-/m0/s1. The molecule has 0 unspecified atom stereocenters. The topological polar surface area (TPSA) is 190 Å². The Labute approximate surface area is 206 Å². The second-order valence-electron chi connectivity index (χ2n) is 9.65. The largest absolute Gasteiger partial charge is 0.510 e. The Morgan fingerprint density at radius 2 is 1.86 bits per heavy atom. The molecule has 3 aliphatic rings. The van der Waals surface area contributed by atoms with E-state index in [4.69, 9.17) is 5.73 Å². The Morgan fingerprint density at radius 3 is 2.44 bits per heavy atom. The highest BCUT2D eigenvalue weighted by Crippen LogP contribution is 2.52. The van der Waals surface area contributed by atoms with Crippen molar-refractivity contribution in [1.29, 1.82) is 0 Å². The van der Waals surface area contributed by atoms with E-state index in [1.54, 1.807) is 14.1 Å². The van der Waals surface area contributed by atoms with E-state index >= 15 is 0 Å². The van der Waals surface area contributed by atoms with Gasteiger partial charge in [0.2, 0.25) is 5.78 Å². The van der Waals surface area contributed by atoms with Gasteiger partial charge in [-0.15, -0.1) is 0 Å². The number of primary amides is 1. The monoisotopic (exact) mass is 499 g/mol. The molecule has 1 aromatic carbocycles. The van der Waals surface area contributed by atoms with Crippen LogP contribution in [-0.2, 0) is 16.0 Å². The second-order valence-corrected chi connectivity index (χ2v) is 9.65. The summed E-state index contributed by atoms with van der Waals surface area (Å²) in [6, 6.07) is 1.58. The van der Waals surface area contributed by atoms with Gasteiger partial charge in [0.1, 0.15) is 22.8 Å². The number of carbonyl (C=O) groups excluding carboxylic acids is 4. The van der Waals surface area contributed by atoms with Crippen molar-refractivity contribution in [3.05, 3.63) is 51.5 Å². The Balaban J connectivity index is 1.92. The number of amides is 1. The number of Topliss-reactive ketones (excluding diaryl/α,β-unsaturated/α-hetero) is 3. The fourth-order valence-electron chi connectivity index (χ4n) is 5.85. The van der Waals surface area contributed by atoms with Crippen molar-refractivity contribution in [2.24, 2.45) is 17.6 Å². The van der Waals surface area contributed by atoms with Crippen LogP contribution in [0.15, 0.2) is 34.8 Å². The van der Waals surface area contributed by atoms with Crippen LogP contribution in [0.5, 0.6) is 5.75 Å². The summed E-state index contributed by atoms with van der Waals surface area (Å²) in [7, 11) is 3.12. The number of phenolic OH excluding ortho intramolecular Hbond substituents is 1. The molecule has 11 nitrogen and oxygen atoms in total. The number of nitrogens with two attached hydrogens (primary N) is 1. The molecule has 4 rings (SSSR count). The Bertz CT molecular complexity index is 1260. The number of hydrogen-bond acceptors (Lipinski definition) is 10. The Kier molecular flexibility index (Phi) is 6.27. The number of likely N-dealkylation sites (N-methyl/N-ethyl adjacent to an activating group) is 2. The van der Waals surface area contributed by atoms with Crippen LogP contribution in [0.3, 0.4) is 0 Å². The highest BCUT2D eigenvalue weighted by atomic mass is 16.3. The Hall–Kier alpha value is -3.54. The third-order valence-electron chi connectivity index (χ3n) is 7.44. The van der Waals surface area contributed by atoms with Crippen molar-refractivity contribution >= 4 is 23.3 Å². The summed E-state index contributed by atoms with van der Waals surface area (Å²) in [6.07, 6.45) is 0.0262. The molecular weight excluding hydrogens is 470 g/mol. The van der Waals surface area contributed by atoms with E-state index in [9.17, 15) is 39.6 Å². The number of phenols is 1. The zero-order chi connectivity index (χ0) is 26.7. The predicted octanol–water partition coefficient (Wildman–Crippen LogP) is -0.0872. The number of rotatable bonds is 6. The zero-order valence-electron chi connectivity index (χ0n) is 20.2. The molecule has 0 bridgehead atoms. The average Bonchev–Trinajstić information content (AvgIpc) is 2.79. The number of ketones is 3. The van der Waals surface area contributed by atoms with Gasteiger partial charge in [0.05, 0.1) is 18.2 Å². The third kappa shape index (κ3) is 3.46. The molecule has 7 N–H and O–H groups in total. The summed E-state index contributed by atoms with van der Waals surface area (Å²) in [5.41, 5.74) is 1.88. The van der Waals surface area contributed by atoms with Crippen LogP contribution in [0.2, 0.25) is 0 Å². The van der Waals surface area contributed by atoms with E-state index in [1.165, 1.54) is 17.0 Å². The summed E-state index contributed by atoms with van der Waals surface area (Å²) in [5.74, 6) is -7.51. The van der Waals surface area contributed by atoms with Gasteiger partial charge in [0.15, 0.2) is 17.2 Å². The molecule has 1 amide bonds. The fraction of sp³-hybridized carbons (Fsp3) is 0.440. The molecule has 192 valence electrons. The lowest BCUT2D eigenvalue weighted by molar-refractivity contribution is -0.148. The van der Waals surface area contributed by atoms with Crippen LogP contribution < -0.4 is 11.1 Å². The smallest absolute Gasteiger partial charge is 0.255 e. The molecular formula is C25H29N3O8. The maximum absolute atomic E-state index is 13.6. The van der Waals surface area contributed by atoms with Gasteiger partial charge in [-0.25, -0.2) is 0 Å². The second kappa shape index (κ2) is 8.84. The maximum Gasteiger partial charge on any atom is 0.255 e. The van der Waals surface area contributed by atoms with Crippen molar-refractivity contribution < 1.29 is 39.6 Å². The number of aromatic hydroxyl groups is 1. The molecule has 0 aromatic heterocycles. The van der Waals surface area contributed by atoms with Gasteiger partial charge in [-0.3, -0.25) is 24.1 Å². The summed E-state index contributed by atoms with van der Waals surface area (Å²) in [5, 5.41) is 47.1. The molecule has 11 heteroatoms. The molecule has 1 aromatic rings. The van der Waals surface area contributed by atoms with Crippen molar-refractivity contribution in [2.45, 2.75) is 31.4 Å². The number of aliphatic hydroxyl groups excluding tert-OH is 2. The number of benzene rings is 1. The summed E-state index contributed by atoms with van der Waals surface area (Å²) < 4.78 is 0. The molecule has 0 heterocycles. The SMILES string of the molecule is CCNCC(=O)c1ccc(O)c2c1C[C@H]1C[C@H]3[C@H](N(C)C)C(O)=C(C(N)=O)C(=O)[C@@]3(O)C(O)=C1C2=O. The van der Waals surface area contributed by atoms with Crippen molar-refractivity contribution in [3.8, 4) is 5.75 Å². The minimum Gasteiger partial charge on any atom is -0.510 e. The fourth-order valence-corrected chi connectivity index (χ4v) is 5.85. The van der Waals surface area contributed by atoms with E-state index < -0.39 is 63.8 Å². The van der Waals surface area contributed by atoms with E-state index in [1.807, 2.05) is 6.92 Å². The lowest BCUT2D eigenvalue weighted by atomic mass is 9.58. The van der Waals surface area contributed by atoms with Crippen LogP contribution in [-0.4, -0.2) is 87.4 Å². The van der Waals surface area contributed by atoms with Gasteiger partial charge in [-0.1, -0.05) is 6.92 Å². The first-order chi connectivity index (χ1) is 16.9. The summed E-state index contributed by atoms with van der Waals surface area (Å²) >= 11 is 0. The Morgan fingerprint density at radius 1 is 1.19 bits per heavy atom. The highest BCUT2D eigenvalue weighted by Gasteiger charge is 2.63. The van der Waals surface area contributed by atoms with E-state index in [-0.39, 0.29) is 41.9 Å². The summed E-state index contributed by atoms with van der Waals surface area (Å²) in [6.45, 7) is 2.42. The van der Waals surface area contributed by atoms with Crippen LogP contribution >= 0.6 is 0 Å². The highest BCUT2D eigenvalue weighted by molar-refractivity contribution is 6.25. The first-order valence-electron chi connectivity index (χ1n) is 11.6. The molecule has 0 spiro atoms. The predicted molar refractivity (Wildman–Crippen MR) is 127 cm³/mol. The molecule has 0 saturated heterocycles. The quantitative estimate of drug-likeness (QED) is 0.228. The molecule has 36 heavy (non-hydrogen) atoms. The van der Waals surface area contributed by atoms with Crippen molar-refractivity contribution in [2.75, 3.05) is 27.2 Å². The van der Waals surface area contributed by atoms with Crippen LogP contribution in [0.1, 0.15) is 39.6 Å². The lowest BCUT2D eigenvalue weighted by Crippen LogP contribution is -2.63. The van der Waals surface area contributed by atoms with Crippen molar-refractivity contribution in [1.82, 2.24) is 10.2 Å². The normalized spacial score (nSPS) is 27.6. The first-order valence-corrected chi connectivity index (χ1v) is 11.6. The van der Waals surface area contributed by atoms with Gasteiger partial charge in [0, 0.05) is 17.1 Å². The number of nitrogens with zero attached hydrogens (tertiary/aromatic N) is 1. The number of allylic oxidation sites excluding steroid dienone is 1. The molecule has 4 atom stereocenters. The molecule has 3 aliphatic carbocycles. The van der Waals surface area contributed by atoms with E-state index in [2.05, 4.69) is 5.32 Å². The number of nitrogens with one attached hydrogen (secondary N) is 1. The van der Waals surface area contributed by atoms with Gasteiger partial charge in [0.25, 0.3) is 5.91 Å². The number of fused-ring (bicyclic) bond motifs is 3.